The summed E-state index contributed by atoms with van der Waals surface area (Å²) in [6.45, 7) is 0.470. The van der Waals surface area contributed by atoms with Crippen molar-refractivity contribution in [2.45, 2.75) is 25.0 Å². The molecule has 0 saturated carbocycles. The number of carbonyl (C=O) groups is 1. The van der Waals surface area contributed by atoms with Gasteiger partial charge in [0, 0.05) is 20.1 Å². The Kier molecular flexibility index (Phi) is 5.47. The van der Waals surface area contributed by atoms with Gasteiger partial charge in [-0.25, -0.2) is 4.39 Å². The second kappa shape index (κ2) is 7.33. The smallest absolute Gasteiger partial charge is 0.226 e. The van der Waals surface area contributed by atoms with Crippen molar-refractivity contribution in [1.82, 2.24) is 4.90 Å². The molecular formula is C16H20FNO3. The molecule has 0 radical (unpaired) electrons. The molecule has 0 spiro atoms. The summed E-state index contributed by atoms with van der Waals surface area (Å²) in [5, 5.41) is 9.33. The number of benzene rings is 1. The number of carbonyl (C=O) groups excluding carboxylic acids is 1. The van der Waals surface area contributed by atoms with E-state index in [-0.39, 0.29) is 36.9 Å². The van der Waals surface area contributed by atoms with E-state index in [0.29, 0.717) is 13.0 Å². The van der Waals surface area contributed by atoms with Crippen molar-refractivity contribution in [3.63, 3.8) is 0 Å². The van der Waals surface area contributed by atoms with E-state index in [2.05, 4.69) is 0 Å². The molecule has 4 nitrogen and oxygen atoms in total. The molecule has 0 unspecified atom stereocenters. The van der Waals surface area contributed by atoms with Crippen molar-refractivity contribution < 1.29 is 19.0 Å². The predicted molar refractivity (Wildman–Crippen MR) is 78.1 cm³/mol. The third-order valence-electron chi connectivity index (χ3n) is 3.71. The maximum absolute atomic E-state index is 12.8. The van der Waals surface area contributed by atoms with Gasteiger partial charge in [0.25, 0.3) is 0 Å². The summed E-state index contributed by atoms with van der Waals surface area (Å²) >= 11 is 0. The van der Waals surface area contributed by atoms with Crippen LogP contribution in [0.1, 0.15) is 18.4 Å². The maximum atomic E-state index is 12.8. The fourth-order valence-corrected chi connectivity index (χ4v) is 2.51. The first-order valence-electron chi connectivity index (χ1n) is 6.99. The fourth-order valence-electron chi connectivity index (χ4n) is 2.51. The van der Waals surface area contributed by atoms with E-state index in [1.54, 1.807) is 36.3 Å². The minimum Gasteiger partial charge on any atom is -0.394 e. The van der Waals surface area contributed by atoms with Crippen LogP contribution in [0.4, 0.5) is 4.39 Å². The van der Waals surface area contributed by atoms with Gasteiger partial charge in [-0.05, 0) is 24.1 Å². The Morgan fingerprint density at radius 3 is 2.81 bits per heavy atom. The molecule has 1 amide bonds. The summed E-state index contributed by atoms with van der Waals surface area (Å²) in [6.07, 6.45) is 4.46. The number of ether oxygens (including phenoxy) is 1. The summed E-state index contributed by atoms with van der Waals surface area (Å²) in [4.78, 5) is 13.8. The number of methoxy groups -OCH3 is 1. The van der Waals surface area contributed by atoms with Crippen molar-refractivity contribution in [1.29, 1.82) is 0 Å². The number of aliphatic hydroxyl groups is 1. The van der Waals surface area contributed by atoms with Gasteiger partial charge in [0.2, 0.25) is 5.91 Å². The number of amides is 1. The van der Waals surface area contributed by atoms with Crippen LogP contribution >= 0.6 is 0 Å². The highest BCUT2D eigenvalue weighted by Gasteiger charge is 2.34. The van der Waals surface area contributed by atoms with E-state index in [4.69, 9.17) is 4.74 Å². The second-order valence-electron chi connectivity index (χ2n) is 5.13. The topological polar surface area (TPSA) is 49.8 Å². The highest BCUT2D eigenvalue weighted by molar-refractivity contribution is 5.79. The lowest BCUT2D eigenvalue weighted by atomic mass is 10.2. The molecule has 1 aromatic rings. The van der Waals surface area contributed by atoms with Gasteiger partial charge < -0.3 is 14.7 Å². The molecule has 2 atom stereocenters. The van der Waals surface area contributed by atoms with Gasteiger partial charge in [-0.15, -0.1) is 0 Å². The zero-order valence-corrected chi connectivity index (χ0v) is 12.0. The Bertz CT molecular complexity index is 501. The molecule has 1 aromatic carbocycles. The van der Waals surface area contributed by atoms with Gasteiger partial charge in [-0.2, -0.15) is 0 Å². The largest absolute Gasteiger partial charge is 0.394 e. The molecule has 0 aliphatic carbocycles. The van der Waals surface area contributed by atoms with Crippen LogP contribution in [0.15, 0.2) is 30.3 Å². The summed E-state index contributed by atoms with van der Waals surface area (Å²) in [5.74, 6) is -0.316. The van der Waals surface area contributed by atoms with Crippen molar-refractivity contribution in [3.05, 3.63) is 41.7 Å². The number of nitrogens with zero attached hydrogens (tertiary/aromatic N) is 1. The Balaban J connectivity index is 1.90. The molecular weight excluding hydrogens is 273 g/mol. The molecule has 1 fully saturated rings. The molecule has 5 heteroatoms. The molecule has 1 heterocycles. The normalized spacial score (nSPS) is 22.1. The van der Waals surface area contributed by atoms with Crippen LogP contribution in [0.25, 0.3) is 6.08 Å². The highest BCUT2D eigenvalue weighted by Crippen LogP contribution is 2.20. The first-order valence-corrected chi connectivity index (χ1v) is 6.99. The number of hydrogen-bond acceptors (Lipinski definition) is 3. The van der Waals surface area contributed by atoms with Gasteiger partial charge in [0.1, 0.15) is 5.82 Å². The van der Waals surface area contributed by atoms with Crippen molar-refractivity contribution in [2.24, 2.45) is 0 Å². The monoisotopic (exact) mass is 293 g/mol. The van der Waals surface area contributed by atoms with Crippen LogP contribution in [-0.2, 0) is 9.53 Å². The van der Waals surface area contributed by atoms with Gasteiger partial charge >= 0.3 is 0 Å². The molecule has 1 aliphatic rings. The molecule has 1 saturated heterocycles. The predicted octanol–water partition coefficient (Wildman–Crippen LogP) is 1.84. The Labute approximate surface area is 123 Å². The first kappa shape index (κ1) is 15.7. The van der Waals surface area contributed by atoms with E-state index in [0.717, 1.165) is 5.56 Å². The second-order valence-corrected chi connectivity index (χ2v) is 5.13. The summed E-state index contributed by atoms with van der Waals surface area (Å²) in [6, 6.07) is 5.91. The molecule has 2 rings (SSSR count). The van der Waals surface area contributed by atoms with E-state index in [9.17, 15) is 14.3 Å². The van der Waals surface area contributed by atoms with Crippen molar-refractivity contribution in [3.8, 4) is 0 Å². The number of aliphatic hydroxyl groups excluding tert-OH is 1. The SMILES string of the molecule is CO[C@H]1C[C@@H](CO)N(C(=O)C/C=C/c2ccc(F)cc2)C1. The summed E-state index contributed by atoms with van der Waals surface area (Å²) < 4.78 is 18.0. The lowest BCUT2D eigenvalue weighted by molar-refractivity contribution is -0.132. The molecule has 114 valence electrons. The standard InChI is InChI=1S/C16H20FNO3/c1-21-15-9-14(11-19)18(10-15)16(20)4-2-3-12-5-7-13(17)8-6-12/h2-3,5-8,14-15,19H,4,9-11H2,1H3/b3-2+/t14-,15-/m0/s1. The number of hydrogen-bond donors (Lipinski definition) is 1. The van der Waals surface area contributed by atoms with Crippen molar-refractivity contribution >= 4 is 12.0 Å². The lowest BCUT2D eigenvalue weighted by Gasteiger charge is -2.22. The number of halogens is 1. The van der Waals surface area contributed by atoms with Crippen LogP contribution in [0.2, 0.25) is 0 Å². The zero-order valence-electron chi connectivity index (χ0n) is 12.0. The Morgan fingerprint density at radius 1 is 1.48 bits per heavy atom. The van der Waals surface area contributed by atoms with Crippen molar-refractivity contribution in [2.75, 3.05) is 20.3 Å². The molecule has 21 heavy (non-hydrogen) atoms. The number of rotatable bonds is 5. The van der Waals surface area contributed by atoms with E-state index < -0.39 is 0 Å². The summed E-state index contributed by atoms with van der Waals surface area (Å²) in [5.41, 5.74) is 0.846. The third kappa shape index (κ3) is 4.12. The van der Waals surface area contributed by atoms with Crippen LogP contribution in [0, 0.1) is 5.82 Å². The Hall–Kier alpha value is -1.72. The molecule has 1 N–H and O–H groups in total. The van der Waals surface area contributed by atoms with Gasteiger partial charge in [0.15, 0.2) is 0 Å². The minimum absolute atomic E-state index is 0.00724. The van der Waals surface area contributed by atoms with Gasteiger partial charge in [-0.3, -0.25) is 4.79 Å². The Morgan fingerprint density at radius 2 is 2.19 bits per heavy atom. The van der Waals surface area contributed by atoms with Gasteiger partial charge in [0.05, 0.1) is 18.8 Å². The van der Waals surface area contributed by atoms with E-state index in [1.807, 2.05) is 0 Å². The van der Waals surface area contributed by atoms with Crippen LogP contribution in [0.3, 0.4) is 0 Å². The zero-order chi connectivity index (χ0) is 15.2. The van der Waals surface area contributed by atoms with Crippen LogP contribution in [-0.4, -0.2) is 48.3 Å². The number of likely N-dealkylation sites (tertiary alicyclic amines) is 1. The van der Waals surface area contributed by atoms with Crippen LogP contribution in [0.5, 0.6) is 0 Å². The first-order chi connectivity index (χ1) is 10.1. The molecule has 1 aliphatic heterocycles. The molecule has 0 bridgehead atoms. The highest BCUT2D eigenvalue weighted by atomic mass is 19.1. The van der Waals surface area contributed by atoms with E-state index >= 15 is 0 Å². The maximum Gasteiger partial charge on any atom is 0.226 e. The average Bonchev–Trinajstić information content (AvgIpc) is 2.92. The van der Waals surface area contributed by atoms with E-state index in [1.165, 1.54) is 12.1 Å². The third-order valence-corrected chi connectivity index (χ3v) is 3.71. The lowest BCUT2D eigenvalue weighted by Crippen LogP contribution is -2.37. The van der Waals surface area contributed by atoms with Crippen LogP contribution < -0.4 is 0 Å². The summed E-state index contributed by atoms with van der Waals surface area (Å²) in [7, 11) is 1.61. The average molecular weight is 293 g/mol. The molecule has 0 aromatic heterocycles. The quantitative estimate of drug-likeness (QED) is 0.901. The minimum atomic E-state index is -0.281. The van der Waals surface area contributed by atoms with Gasteiger partial charge in [-0.1, -0.05) is 24.3 Å². The fraction of sp³-hybridized carbons (Fsp3) is 0.438.